The van der Waals surface area contributed by atoms with E-state index in [0.29, 0.717) is 5.56 Å². The molecule has 5 nitrogen and oxygen atoms in total. The Hall–Kier alpha value is -2.30. The Morgan fingerprint density at radius 1 is 1.29 bits per heavy atom. The molecule has 1 amide bonds. The van der Waals surface area contributed by atoms with E-state index in [1.165, 1.54) is 11.3 Å². The fraction of sp³-hybridized carbons (Fsp3) is 0.375. The van der Waals surface area contributed by atoms with Crippen LogP contribution in [0.4, 0.5) is 5.69 Å². The molecule has 0 saturated carbocycles. The van der Waals surface area contributed by atoms with E-state index in [1.807, 2.05) is 43.8 Å². The molecular weight excluding hydrogens is 264 g/mol. The molecule has 112 valence electrons. The lowest BCUT2D eigenvalue weighted by Gasteiger charge is -2.11. The molecular formula is C16H22N4O. The van der Waals surface area contributed by atoms with Gasteiger partial charge in [-0.15, -0.1) is 0 Å². The van der Waals surface area contributed by atoms with Crippen LogP contribution in [0.3, 0.4) is 0 Å². The van der Waals surface area contributed by atoms with Crippen LogP contribution >= 0.6 is 0 Å². The number of aromatic nitrogens is 2. The van der Waals surface area contributed by atoms with Crippen LogP contribution in [0.5, 0.6) is 0 Å². The van der Waals surface area contributed by atoms with Gasteiger partial charge in [-0.1, -0.05) is 0 Å². The Labute approximate surface area is 125 Å². The molecule has 0 fully saturated rings. The van der Waals surface area contributed by atoms with Crippen molar-refractivity contribution in [2.75, 3.05) is 12.4 Å². The van der Waals surface area contributed by atoms with E-state index in [-0.39, 0.29) is 5.91 Å². The smallest absolute Gasteiger partial charge is 0.251 e. The minimum absolute atomic E-state index is 0.0661. The van der Waals surface area contributed by atoms with E-state index in [0.717, 1.165) is 23.5 Å². The molecule has 0 saturated heterocycles. The van der Waals surface area contributed by atoms with Crippen molar-refractivity contribution in [2.45, 2.75) is 27.3 Å². The molecule has 0 bridgehead atoms. The van der Waals surface area contributed by atoms with Crippen LogP contribution in [0.1, 0.15) is 32.9 Å². The van der Waals surface area contributed by atoms with Gasteiger partial charge in [0.1, 0.15) is 0 Å². The molecule has 2 aromatic rings. The second kappa shape index (κ2) is 5.99. The fourth-order valence-corrected chi connectivity index (χ4v) is 2.40. The molecule has 1 aromatic heterocycles. The largest absolute Gasteiger partial charge is 0.381 e. The molecule has 2 N–H and O–H groups in total. The van der Waals surface area contributed by atoms with Gasteiger partial charge in [0.25, 0.3) is 5.91 Å². The topological polar surface area (TPSA) is 59.0 Å². The molecule has 1 heterocycles. The standard InChI is InChI=1S/C16H22N4O/c1-10-8-13(16(21)17-4)6-7-15(10)18-9-14-11(2)19-20(5)12(14)3/h6-8,18H,9H2,1-5H3,(H,17,21). The molecule has 0 aliphatic heterocycles. The first-order valence-electron chi connectivity index (χ1n) is 6.99. The number of benzene rings is 1. The zero-order valence-corrected chi connectivity index (χ0v) is 13.2. The molecule has 5 heteroatoms. The van der Waals surface area contributed by atoms with Crippen LogP contribution in [0.2, 0.25) is 0 Å². The van der Waals surface area contributed by atoms with Gasteiger partial charge in [0.05, 0.1) is 5.69 Å². The van der Waals surface area contributed by atoms with Crippen molar-refractivity contribution in [3.63, 3.8) is 0 Å². The summed E-state index contributed by atoms with van der Waals surface area (Å²) in [4.78, 5) is 11.6. The number of carbonyl (C=O) groups is 1. The van der Waals surface area contributed by atoms with Gasteiger partial charge < -0.3 is 10.6 Å². The zero-order chi connectivity index (χ0) is 15.6. The van der Waals surface area contributed by atoms with Crippen LogP contribution in [-0.2, 0) is 13.6 Å². The van der Waals surface area contributed by atoms with Crippen molar-refractivity contribution in [3.8, 4) is 0 Å². The van der Waals surface area contributed by atoms with Gasteiger partial charge in [-0.3, -0.25) is 9.48 Å². The lowest BCUT2D eigenvalue weighted by Crippen LogP contribution is -2.18. The summed E-state index contributed by atoms with van der Waals surface area (Å²) in [5, 5.41) is 10.5. The number of aryl methyl sites for hydroxylation is 3. The predicted molar refractivity (Wildman–Crippen MR) is 84.6 cm³/mol. The third kappa shape index (κ3) is 3.07. The first-order valence-corrected chi connectivity index (χ1v) is 6.99. The average molecular weight is 286 g/mol. The summed E-state index contributed by atoms with van der Waals surface area (Å²) < 4.78 is 1.90. The normalized spacial score (nSPS) is 10.5. The molecule has 2 rings (SSSR count). The third-order valence-electron chi connectivity index (χ3n) is 3.83. The van der Waals surface area contributed by atoms with Crippen LogP contribution in [-0.4, -0.2) is 22.7 Å². The van der Waals surface area contributed by atoms with E-state index in [9.17, 15) is 4.79 Å². The quantitative estimate of drug-likeness (QED) is 0.907. The van der Waals surface area contributed by atoms with Crippen molar-refractivity contribution in [3.05, 3.63) is 46.3 Å². The van der Waals surface area contributed by atoms with Gasteiger partial charge in [0, 0.05) is 43.1 Å². The van der Waals surface area contributed by atoms with Crippen LogP contribution in [0.25, 0.3) is 0 Å². The highest BCUT2D eigenvalue weighted by atomic mass is 16.1. The predicted octanol–water partition coefficient (Wildman–Crippen LogP) is 2.32. The molecule has 0 radical (unpaired) electrons. The maximum absolute atomic E-state index is 11.6. The van der Waals surface area contributed by atoms with Crippen molar-refractivity contribution in [1.29, 1.82) is 0 Å². The second-order valence-electron chi connectivity index (χ2n) is 5.24. The summed E-state index contributed by atoms with van der Waals surface area (Å²) in [5.74, 6) is -0.0661. The van der Waals surface area contributed by atoms with Crippen LogP contribution < -0.4 is 10.6 Å². The Balaban J connectivity index is 2.15. The van der Waals surface area contributed by atoms with Gasteiger partial charge in [-0.05, 0) is 44.5 Å². The van der Waals surface area contributed by atoms with Crippen molar-refractivity contribution < 1.29 is 4.79 Å². The number of nitrogens with zero attached hydrogens (tertiary/aromatic N) is 2. The summed E-state index contributed by atoms with van der Waals surface area (Å²) >= 11 is 0. The van der Waals surface area contributed by atoms with Crippen LogP contribution in [0, 0.1) is 20.8 Å². The molecule has 0 unspecified atom stereocenters. The molecule has 0 spiro atoms. The summed E-state index contributed by atoms with van der Waals surface area (Å²) in [6, 6.07) is 5.67. The van der Waals surface area contributed by atoms with Gasteiger partial charge in [-0.25, -0.2) is 0 Å². The number of anilines is 1. The molecule has 0 atom stereocenters. The molecule has 21 heavy (non-hydrogen) atoms. The number of nitrogens with one attached hydrogen (secondary N) is 2. The number of hydrogen-bond acceptors (Lipinski definition) is 3. The van der Waals surface area contributed by atoms with E-state index >= 15 is 0 Å². The Morgan fingerprint density at radius 2 is 2.00 bits per heavy atom. The number of rotatable bonds is 4. The van der Waals surface area contributed by atoms with Crippen molar-refractivity contribution in [2.24, 2.45) is 7.05 Å². The lowest BCUT2D eigenvalue weighted by molar-refractivity contribution is 0.0963. The average Bonchev–Trinajstić information content (AvgIpc) is 2.70. The van der Waals surface area contributed by atoms with Gasteiger partial charge >= 0.3 is 0 Å². The summed E-state index contributed by atoms with van der Waals surface area (Å²) in [6.07, 6.45) is 0. The van der Waals surface area contributed by atoms with Gasteiger partial charge in [-0.2, -0.15) is 5.10 Å². The first-order chi connectivity index (χ1) is 9.93. The summed E-state index contributed by atoms with van der Waals surface area (Å²) in [7, 11) is 3.59. The minimum Gasteiger partial charge on any atom is -0.381 e. The highest BCUT2D eigenvalue weighted by Gasteiger charge is 2.10. The molecule has 0 aliphatic rings. The second-order valence-corrected chi connectivity index (χ2v) is 5.24. The van der Waals surface area contributed by atoms with E-state index in [1.54, 1.807) is 7.05 Å². The van der Waals surface area contributed by atoms with Gasteiger partial charge in [0.2, 0.25) is 0 Å². The maximum Gasteiger partial charge on any atom is 0.251 e. The van der Waals surface area contributed by atoms with E-state index < -0.39 is 0 Å². The van der Waals surface area contributed by atoms with E-state index in [4.69, 9.17) is 0 Å². The maximum atomic E-state index is 11.6. The highest BCUT2D eigenvalue weighted by molar-refractivity contribution is 5.94. The zero-order valence-electron chi connectivity index (χ0n) is 13.2. The SMILES string of the molecule is CNC(=O)c1ccc(NCc2c(C)nn(C)c2C)c(C)c1. The molecule has 1 aromatic carbocycles. The highest BCUT2D eigenvalue weighted by Crippen LogP contribution is 2.19. The number of amides is 1. The van der Waals surface area contributed by atoms with Gasteiger partial charge in [0.15, 0.2) is 0 Å². The third-order valence-corrected chi connectivity index (χ3v) is 3.83. The number of carbonyl (C=O) groups excluding carboxylic acids is 1. The molecule has 0 aliphatic carbocycles. The van der Waals surface area contributed by atoms with E-state index in [2.05, 4.69) is 22.7 Å². The Morgan fingerprint density at radius 3 is 2.52 bits per heavy atom. The fourth-order valence-electron chi connectivity index (χ4n) is 2.40. The lowest BCUT2D eigenvalue weighted by atomic mass is 10.1. The minimum atomic E-state index is -0.0661. The first kappa shape index (κ1) is 15.1. The summed E-state index contributed by atoms with van der Waals surface area (Å²) in [5.41, 5.74) is 6.18. The van der Waals surface area contributed by atoms with Crippen molar-refractivity contribution in [1.82, 2.24) is 15.1 Å². The monoisotopic (exact) mass is 286 g/mol. The Kier molecular flexibility index (Phi) is 4.31. The summed E-state index contributed by atoms with van der Waals surface area (Å²) in [6.45, 7) is 6.81. The Bertz CT molecular complexity index is 673. The van der Waals surface area contributed by atoms with Crippen molar-refractivity contribution >= 4 is 11.6 Å². The van der Waals surface area contributed by atoms with Crippen LogP contribution in [0.15, 0.2) is 18.2 Å². The number of hydrogen-bond donors (Lipinski definition) is 2.